The van der Waals surface area contributed by atoms with Crippen molar-refractivity contribution in [3.8, 4) is 23.0 Å². The number of hydrogen-bond acceptors (Lipinski definition) is 12. The van der Waals surface area contributed by atoms with Gasteiger partial charge in [-0.25, -0.2) is 9.59 Å². The van der Waals surface area contributed by atoms with Crippen LogP contribution in [0.15, 0.2) is 98.1 Å². The first-order chi connectivity index (χ1) is 35.8. The van der Waals surface area contributed by atoms with E-state index in [1.807, 2.05) is 86.7 Å². The van der Waals surface area contributed by atoms with Crippen LogP contribution >= 0.6 is 0 Å². The van der Waals surface area contributed by atoms with Crippen LogP contribution in [-0.4, -0.2) is 44.3 Å². The molecule has 5 atom stereocenters. The monoisotopic (exact) mass is 1030 g/mol. The second-order valence-electron chi connectivity index (χ2n) is 20.1. The molecule has 0 aliphatic heterocycles. The number of carbonyl (C=O) groups excluding carboxylic acids is 4. The highest BCUT2D eigenvalue weighted by atomic mass is 16.6. The molecule has 2 aliphatic carbocycles. The lowest BCUT2D eigenvalue weighted by Gasteiger charge is -2.31. The van der Waals surface area contributed by atoms with Gasteiger partial charge in [-0.1, -0.05) is 70.6 Å². The minimum atomic E-state index is -0.560. The van der Waals surface area contributed by atoms with E-state index in [4.69, 9.17) is 18.9 Å². The highest BCUT2D eigenvalue weighted by molar-refractivity contribution is 5.82. The fraction of sp³-hybridized carbons (Fsp3) is 0.429. The van der Waals surface area contributed by atoms with E-state index in [1.54, 1.807) is 27.7 Å². The summed E-state index contributed by atoms with van der Waals surface area (Å²) in [6.45, 7) is 22.2. The van der Waals surface area contributed by atoms with Gasteiger partial charge in [-0.2, -0.15) is 0 Å². The summed E-state index contributed by atoms with van der Waals surface area (Å²) in [5.74, 6) is -1.60. The number of benzene rings is 4. The van der Waals surface area contributed by atoms with Gasteiger partial charge >= 0.3 is 23.9 Å². The van der Waals surface area contributed by atoms with Crippen LogP contribution in [-0.2, 0) is 57.8 Å². The molecule has 0 heterocycles. The first-order valence-electron chi connectivity index (χ1n) is 26.4. The normalized spacial score (nSPS) is 16.5. The average molecular weight is 1030 g/mol. The van der Waals surface area contributed by atoms with Crippen LogP contribution in [0.2, 0.25) is 0 Å². The Bertz CT molecular complexity index is 2570. The fourth-order valence-corrected chi connectivity index (χ4v) is 9.99. The summed E-state index contributed by atoms with van der Waals surface area (Å²) < 4.78 is 22.1. The standard InChI is InChI=1S/C32H42O6.C31H36O6/c1-9-13-14-23(10-2)30(26-17-24(15-19(5)31(26)35)21(7)37-28(33)11-3)27-18-25(16-20(6)32(27)36)22(8)38-29(34)12-4;1-20-13-22(18-36-30(34)24-9-5-3-6-10-24)15-26(28(20)32)17-27-16-23(14-21(2)29(27)33)19-37-31(35)25-11-7-4-8-12-25/h11-12,15-18,21-23,30,35-36H,3-4,9-10,13-14H2,1-2,5-8H3;5,7,9,11,13-16,24-25,32-33H,3-4,6,8,10,12,17-19H2,1-2H3. The van der Waals surface area contributed by atoms with Crippen molar-refractivity contribution >= 4 is 23.9 Å². The molecule has 4 aromatic rings. The van der Waals surface area contributed by atoms with E-state index in [0.717, 1.165) is 98.6 Å². The maximum absolute atomic E-state index is 12.4. The Balaban J connectivity index is 0.000000277. The lowest BCUT2D eigenvalue weighted by molar-refractivity contribution is -0.149. The van der Waals surface area contributed by atoms with Crippen LogP contribution in [0, 0.1) is 45.4 Å². The van der Waals surface area contributed by atoms with E-state index >= 15 is 0 Å². The molecule has 402 valence electrons. The highest BCUT2D eigenvalue weighted by Gasteiger charge is 2.32. The van der Waals surface area contributed by atoms with Gasteiger partial charge < -0.3 is 39.4 Å². The molecular formula is C63H78O12. The topological polar surface area (TPSA) is 186 Å². The Kier molecular flexibility index (Phi) is 21.9. The van der Waals surface area contributed by atoms with Crippen LogP contribution in [0.25, 0.3) is 0 Å². The van der Waals surface area contributed by atoms with Crippen LogP contribution in [0.1, 0.15) is 177 Å². The SMILES string of the molecule is C=CC(=O)OC(C)c1cc(C)c(O)c(C(c2cc(C(C)OC(=O)C=C)cc(C)c2O)C(CC)CCCC)c1.Cc1cc(COC(=O)C2C=CCCC2)cc(Cc2cc(COC(=O)C3C=CCCC3)cc(C)c2O)c1O. The van der Waals surface area contributed by atoms with Gasteiger partial charge in [0, 0.05) is 35.6 Å². The molecular weight excluding hydrogens is 949 g/mol. The molecule has 2 aliphatic rings. The molecule has 0 saturated carbocycles. The molecule has 12 nitrogen and oxygen atoms in total. The van der Waals surface area contributed by atoms with Crippen LogP contribution in [0.3, 0.4) is 0 Å². The molecule has 75 heavy (non-hydrogen) atoms. The number of aryl methyl sites for hydroxylation is 4. The Labute approximate surface area is 443 Å². The molecule has 0 fully saturated rings. The number of esters is 4. The van der Waals surface area contributed by atoms with Crippen molar-refractivity contribution in [2.75, 3.05) is 0 Å². The zero-order valence-electron chi connectivity index (χ0n) is 45.2. The van der Waals surface area contributed by atoms with Crippen molar-refractivity contribution in [1.82, 2.24) is 0 Å². The molecule has 4 aromatic carbocycles. The number of hydrogen-bond donors (Lipinski definition) is 4. The number of carbonyl (C=O) groups is 4. The molecule has 0 spiro atoms. The number of ether oxygens (including phenoxy) is 4. The van der Waals surface area contributed by atoms with Gasteiger partial charge in [0.2, 0.25) is 0 Å². The van der Waals surface area contributed by atoms with Crippen molar-refractivity contribution in [1.29, 1.82) is 0 Å². The first-order valence-corrected chi connectivity index (χ1v) is 26.4. The van der Waals surface area contributed by atoms with E-state index in [-0.39, 0.29) is 78.2 Å². The van der Waals surface area contributed by atoms with Crippen molar-refractivity contribution in [3.63, 3.8) is 0 Å². The lowest BCUT2D eigenvalue weighted by atomic mass is 9.74. The molecule has 0 bridgehead atoms. The van der Waals surface area contributed by atoms with Gasteiger partial charge in [-0.15, -0.1) is 0 Å². The molecule has 0 radical (unpaired) electrons. The van der Waals surface area contributed by atoms with Gasteiger partial charge in [0.15, 0.2) is 0 Å². The van der Waals surface area contributed by atoms with Crippen molar-refractivity contribution in [2.24, 2.45) is 17.8 Å². The Morgan fingerprint density at radius 1 is 0.613 bits per heavy atom. The quantitative estimate of drug-likeness (QED) is 0.0268. The van der Waals surface area contributed by atoms with Crippen molar-refractivity contribution in [2.45, 2.75) is 157 Å². The summed E-state index contributed by atoms with van der Waals surface area (Å²) in [5.41, 5.74) is 8.23. The number of allylic oxidation sites excluding steroid dienone is 2. The van der Waals surface area contributed by atoms with Crippen molar-refractivity contribution < 1.29 is 58.6 Å². The van der Waals surface area contributed by atoms with Crippen LogP contribution in [0.4, 0.5) is 0 Å². The van der Waals surface area contributed by atoms with Crippen molar-refractivity contribution in [3.05, 3.63) is 165 Å². The molecule has 0 aromatic heterocycles. The summed E-state index contributed by atoms with van der Waals surface area (Å²) in [5, 5.41) is 44.2. The fourth-order valence-electron chi connectivity index (χ4n) is 9.99. The first kappa shape index (κ1) is 58.8. The average Bonchev–Trinajstić information content (AvgIpc) is 3.41. The Morgan fingerprint density at radius 3 is 1.39 bits per heavy atom. The predicted octanol–water partition coefficient (Wildman–Crippen LogP) is 13.7. The second-order valence-corrected chi connectivity index (χ2v) is 20.1. The summed E-state index contributed by atoms with van der Waals surface area (Å²) in [6, 6.07) is 14.6. The summed E-state index contributed by atoms with van der Waals surface area (Å²) in [4.78, 5) is 48.6. The Hall–Kier alpha value is -7.08. The number of rotatable bonds is 21. The van der Waals surface area contributed by atoms with E-state index < -0.39 is 24.1 Å². The molecule has 12 heteroatoms. The van der Waals surface area contributed by atoms with Crippen LogP contribution < -0.4 is 0 Å². The molecule has 0 saturated heterocycles. The molecule has 6 rings (SSSR count). The zero-order valence-corrected chi connectivity index (χ0v) is 45.2. The molecule has 4 N–H and O–H groups in total. The number of unbranched alkanes of at least 4 members (excludes halogenated alkanes) is 1. The molecule has 0 amide bonds. The summed E-state index contributed by atoms with van der Waals surface area (Å²) >= 11 is 0. The minimum Gasteiger partial charge on any atom is -0.507 e. The zero-order chi connectivity index (χ0) is 54.9. The number of aromatic hydroxyl groups is 4. The van der Waals surface area contributed by atoms with Gasteiger partial charge in [0.05, 0.1) is 11.8 Å². The predicted molar refractivity (Wildman–Crippen MR) is 291 cm³/mol. The van der Waals surface area contributed by atoms with Crippen LogP contribution in [0.5, 0.6) is 23.0 Å². The number of phenolic OH excluding ortho intramolecular Hbond substituents is 4. The largest absolute Gasteiger partial charge is 0.507 e. The third-order valence-electron chi connectivity index (χ3n) is 14.3. The Morgan fingerprint density at radius 2 is 1.03 bits per heavy atom. The summed E-state index contributed by atoms with van der Waals surface area (Å²) in [7, 11) is 0. The third-order valence-corrected chi connectivity index (χ3v) is 14.3. The summed E-state index contributed by atoms with van der Waals surface area (Å²) in [6.07, 6.45) is 18.6. The maximum atomic E-state index is 12.4. The maximum Gasteiger partial charge on any atom is 0.330 e. The minimum absolute atomic E-state index is 0.105. The highest BCUT2D eigenvalue weighted by Crippen LogP contribution is 2.47. The lowest BCUT2D eigenvalue weighted by Crippen LogP contribution is -2.17. The van der Waals surface area contributed by atoms with Gasteiger partial charge in [0.1, 0.15) is 48.4 Å². The van der Waals surface area contributed by atoms with Gasteiger partial charge in [0.25, 0.3) is 0 Å². The van der Waals surface area contributed by atoms with E-state index in [0.29, 0.717) is 44.5 Å². The van der Waals surface area contributed by atoms with E-state index in [9.17, 15) is 39.6 Å². The van der Waals surface area contributed by atoms with E-state index in [2.05, 4.69) is 27.0 Å². The van der Waals surface area contributed by atoms with E-state index in [1.165, 1.54) is 0 Å². The smallest absolute Gasteiger partial charge is 0.330 e. The van der Waals surface area contributed by atoms with Gasteiger partial charge in [-0.3, -0.25) is 9.59 Å². The number of phenols is 4. The second kappa shape index (κ2) is 28.0. The molecule has 5 unspecified atom stereocenters. The van der Waals surface area contributed by atoms with Gasteiger partial charge in [-0.05, 0) is 197 Å². The third kappa shape index (κ3) is 16.0.